The molecule has 0 aliphatic rings. The first-order valence-electron chi connectivity index (χ1n) is 20.3. The number of rotatable bonds is 9. The van der Waals surface area contributed by atoms with Gasteiger partial charge in [-0.15, -0.1) is 108 Å². The van der Waals surface area contributed by atoms with Crippen molar-refractivity contribution in [1.29, 1.82) is 0 Å². The molecule has 0 unspecified atom stereocenters. The molecule has 0 spiro atoms. The molecule has 300 valence electrons. The van der Waals surface area contributed by atoms with E-state index >= 15 is 0 Å². The van der Waals surface area contributed by atoms with Crippen LogP contribution in [0.15, 0.2) is 158 Å². The Kier molecular flexibility index (Phi) is 16.1. The molecule has 0 N–H and O–H groups in total. The van der Waals surface area contributed by atoms with Crippen LogP contribution < -0.4 is 0 Å². The minimum Gasteiger partial charge on any atom is -0.340 e. The van der Waals surface area contributed by atoms with Crippen LogP contribution in [0.4, 0.5) is 0 Å². The van der Waals surface area contributed by atoms with Gasteiger partial charge in [-0.1, -0.05) is 104 Å². The van der Waals surface area contributed by atoms with Crippen LogP contribution in [0, 0.1) is 18.2 Å². The Morgan fingerprint density at radius 1 is 0.390 bits per heavy atom. The van der Waals surface area contributed by atoms with Crippen LogP contribution in [-0.2, 0) is 20.1 Å². The van der Waals surface area contributed by atoms with E-state index in [2.05, 4.69) is 159 Å². The number of pyridine rings is 1. The third-order valence-corrected chi connectivity index (χ3v) is 10.00. The molecule has 8 aromatic rings. The fraction of sp³-hybridized carbons (Fsp3) is 0.226. The minimum atomic E-state index is 0. The molecular weight excluding hydrogens is 899 g/mol. The van der Waals surface area contributed by atoms with Crippen molar-refractivity contribution in [1.82, 2.24) is 24.1 Å². The molecule has 0 radical (unpaired) electrons. The van der Waals surface area contributed by atoms with E-state index in [4.69, 9.17) is 0 Å². The monoisotopic (exact) mass is 953 g/mol. The van der Waals surface area contributed by atoms with Crippen molar-refractivity contribution < 1.29 is 20.1 Å². The fourth-order valence-electron chi connectivity index (χ4n) is 7.09. The van der Waals surface area contributed by atoms with Gasteiger partial charge in [-0.2, -0.15) is 0 Å². The van der Waals surface area contributed by atoms with E-state index in [1.165, 1.54) is 33.6 Å². The predicted molar refractivity (Wildman–Crippen MR) is 241 cm³/mol. The van der Waals surface area contributed by atoms with Gasteiger partial charge in [-0.05, 0) is 57.7 Å². The smallest absolute Gasteiger partial charge is 0.340 e. The van der Waals surface area contributed by atoms with E-state index in [1.54, 1.807) is 6.20 Å². The predicted octanol–water partition coefficient (Wildman–Crippen LogP) is 13.7. The van der Waals surface area contributed by atoms with Gasteiger partial charge in [0.2, 0.25) is 0 Å². The van der Waals surface area contributed by atoms with Crippen LogP contribution in [-0.4, -0.2) is 24.1 Å². The van der Waals surface area contributed by atoms with Crippen LogP contribution in [0.3, 0.4) is 0 Å². The number of aromatic nitrogens is 5. The molecule has 0 saturated heterocycles. The van der Waals surface area contributed by atoms with Crippen molar-refractivity contribution in [2.75, 3.05) is 0 Å². The van der Waals surface area contributed by atoms with Gasteiger partial charge in [-0.25, -0.2) is 0 Å². The zero-order valence-corrected chi connectivity index (χ0v) is 37.8. The Balaban J connectivity index is 0.000000175. The molecule has 0 saturated carbocycles. The summed E-state index contributed by atoms with van der Waals surface area (Å²) in [5, 5.41) is 0. The first-order valence-corrected chi connectivity index (χ1v) is 20.3. The Bertz CT molecular complexity index is 2220. The molecule has 0 amide bonds. The number of hydrogen-bond acceptors (Lipinski definition) is 3. The summed E-state index contributed by atoms with van der Waals surface area (Å²) in [4.78, 5) is 13.4. The van der Waals surface area contributed by atoms with E-state index < -0.39 is 0 Å². The SMILES string of the molecule is CC(C)c1cccc(C(C)C)c1-n1ccnc1-c1[c-]cccc1.CC(C)c1cccc(C(C)C)c1-n1ccnc1-c1[c-]cccc1.[Ir+3].[c-]1ccccc1-c1ccccn1. The second kappa shape index (κ2) is 21.4. The van der Waals surface area contributed by atoms with Crippen molar-refractivity contribution in [2.24, 2.45) is 0 Å². The number of hydrogen-bond donors (Lipinski definition) is 0. The molecule has 6 heteroatoms. The summed E-state index contributed by atoms with van der Waals surface area (Å²) in [6, 6.07) is 52.7. The van der Waals surface area contributed by atoms with Crippen LogP contribution >= 0.6 is 0 Å². The molecule has 3 aromatic heterocycles. The molecule has 0 aliphatic carbocycles. The second-order valence-electron chi connectivity index (χ2n) is 15.5. The van der Waals surface area contributed by atoms with E-state index in [0.29, 0.717) is 23.7 Å². The maximum Gasteiger partial charge on any atom is 3.00 e. The Labute approximate surface area is 365 Å². The average molecular weight is 953 g/mol. The van der Waals surface area contributed by atoms with Gasteiger partial charge in [-0.3, -0.25) is 9.97 Å². The Morgan fingerprint density at radius 3 is 1.08 bits per heavy atom. The molecule has 5 nitrogen and oxygen atoms in total. The van der Waals surface area contributed by atoms with E-state index in [-0.39, 0.29) is 20.1 Å². The molecule has 0 bridgehead atoms. The third kappa shape index (κ3) is 10.9. The van der Waals surface area contributed by atoms with Crippen LogP contribution in [0.25, 0.3) is 45.4 Å². The van der Waals surface area contributed by atoms with Gasteiger partial charge in [0.05, 0.1) is 11.6 Å². The Morgan fingerprint density at radius 2 is 0.763 bits per heavy atom. The van der Waals surface area contributed by atoms with Crippen molar-refractivity contribution in [3.63, 3.8) is 0 Å². The summed E-state index contributed by atoms with van der Waals surface area (Å²) < 4.78 is 4.44. The largest absolute Gasteiger partial charge is 3.00 e. The van der Waals surface area contributed by atoms with E-state index in [9.17, 15) is 0 Å². The van der Waals surface area contributed by atoms with Crippen LogP contribution in [0.5, 0.6) is 0 Å². The van der Waals surface area contributed by atoms with E-state index in [1.807, 2.05) is 91.3 Å². The summed E-state index contributed by atoms with van der Waals surface area (Å²) in [6.07, 6.45) is 9.65. The normalized spacial score (nSPS) is 10.8. The number of imidazole rings is 2. The fourth-order valence-corrected chi connectivity index (χ4v) is 7.09. The maximum atomic E-state index is 4.60. The zero-order chi connectivity index (χ0) is 41.0. The summed E-state index contributed by atoms with van der Waals surface area (Å²) >= 11 is 0. The third-order valence-electron chi connectivity index (χ3n) is 10.00. The molecular formula is C53H54IrN5. The zero-order valence-electron chi connectivity index (χ0n) is 35.4. The van der Waals surface area contributed by atoms with Crippen LogP contribution in [0.2, 0.25) is 0 Å². The van der Waals surface area contributed by atoms with Crippen molar-refractivity contribution >= 4 is 0 Å². The molecule has 59 heavy (non-hydrogen) atoms. The number of benzene rings is 5. The summed E-state index contributed by atoms with van der Waals surface area (Å²) in [5.41, 5.74) is 12.0. The van der Waals surface area contributed by atoms with Gasteiger partial charge in [0.15, 0.2) is 0 Å². The number of para-hydroxylation sites is 2. The van der Waals surface area contributed by atoms with Crippen molar-refractivity contribution in [3.8, 4) is 45.4 Å². The standard InChI is InChI=1S/2C21H23N2.C11H8N.Ir/c2*1-15(2)18-11-8-12-19(16(3)4)20(18)23-14-13-22-21(23)17-9-6-5-7-10-17;1-2-6-10(7-3-1)11-8-4-5-9-12-11;/h2*5-9,11-16H,1-4H3;1-6,8-9H;/q3*-1;+3. The first kappa shape index (κ1) is 44.4. The van der Waals surface area contributed by atoms with Crippen molar-refractivity contribution in [3.05, 3.63) is 199 Å². The average Bonchev–Trinajstić information content (AvgIpc) is 3.96. The molecule has 0 aliphatic heterocycles. The van der Waals surface area contributed by atoms with Gasteiger partial charge >= 0.3 is 20.1 Å². The van der Waals surface area contributed by atoms with Gasteiger partial charge in [0.25, 0.3) is 0 Å². The summed E-state index contributed by atoms with van der Waals surface area (Å²) in [5.74, 6) is 3.72. The summed E-state index contributed by atoms with van der Waals surface area (Å²) in [6.45, 7) is 18.0. The first-order chi connectivity index (χ1) is 28.2. The van der Waals surface area contributed by atoms with Gasteiger partial charge in [0.1, 0.15) is 0 Å². The molecule has 0 atom stereocenters. The minimum absolute atomic E-state index is 0. The van der Waals surface area contributed by atoms with Crippen LogP contribution in [0.1, 0.15) is 101 Å². The quantitative estimate of drug-likeness (QED) is 0.135. The topological polar surface area (TPSA) is 48.5 Å². The number of nitrogens with zero attached hydrogens (tertiary/aromatic N) is 5. The second-order valence-corrected chi connectivity index (χ2v) is 15.5. The van der Waals surface area contributed by atoms with Gasteiger partial charge < -0.3 is 14.1 Å². The van der Waals surface area contributed by atoms with Gasteiger partial charge in [0, 0.05) is 42.4 Å². The van der Waals surface area contributed by atoms with Crippen molar-refractivity contribution in [2.45, 2.75) is 79.1 Å². The molecule has 0 fully saturated rings. The summed E-state index contributed by atoms with van der Waals surface area (Å²) in [7, 11) is 0. The molecule has 8 rings (SSSR count). The van der Waals surface area contributed by atoms with E-state index in [0.717, 1.165) is 34.0 Å². The maximum absolute atomic E-state index is 4.60. The molecule has 5 aromatic carbocycles. The molecule has 3 heterocycles. The Hall–Kier alpha value is -5.68.